The average molecular weight is 286 g/mol. The summed E-state index contributed by atoms with van der Waals surface area (Å²) in [5, 5.41) is 13.4. The van der Waals surface area contributed by atoms with Crippen LogP contribution in [0.5, 0.6) is 0 Å². The van der Waals surface area contributed by atoms with Crippen LogP contribution in [0.4, 0.5) is 11.4 Å². The zero-order valence-corrected chi connectivity index (χ0v) is 11.3. The van der Waals surface area contributed by atoms with E-state index < -0.39 is 4.92 Å². The normalized spacial score (nSPS) is 11.9. The van der Waals surface area contributed by atoms with Gasteiger partial charge in [-0.1, -0.05) is 24.9 Å². The van der Waals surface area contributed by atoms with Crippen LogP contribution in [0, 0.1) is 16.0 Å². The zero-order chi connectivity index (χ0) is 14.4. The molecule has 0 aliphatic carbocycles. The van der Waals surface area contributed by atoms with Gasteiger partial charge < -0.3 is 11.1 Å². The van der Waals surface area contributed by atoms with E-state index in [0.29, 0.717) is 12.1 Å². The van der Waals surface area contributed by atoms with Gasteiger partial charge in [-0.3, -0.25) is 14.9 Å². The third kappa shape index (κ3) is 4.18. The lowest BCUT2D eigenvalue weighted by Crippen LogP contribution is -2.29. The topological polar surface area (TPSA) is 98.3 Å². The van der Waals surface area contributed by atoms with E-state index >= 15 is 0 Å². The first-order chi connectivity index (χ1) is 8.99. The Morgan fingerprint density at radius 1 is 1.58 bits per heavy atom. The molecule has 7 heteroatoms. The van der Waals surface area contributed by atoms with Gasteiger partial charge in [0.2, 0.25) is 5.91 Å². The van der Waals surface area contributed by atoms with Gasteiger partial charge in [0.15, 0.2) is 0 Å². The third-order valence-electron chi connectivity index (χ3n) is 2.70. The van der Waals surface area contributed by atoms with Crippen LogP contribution in [0.2, 0.25) is 5.02 Å². The number of anilines is 1. The fourth-order valence-corrected chi connectivity index (χ4v) is 1.87. The molecule has 104 valence electrons. The second kappa shape index (κ2) is 7.06. The molecular weight excluding hydrogens is 270 g/mol. The smallest absolute Gasteiger partial charge is 0.289 e. The quantitative estimate of drug-likeness (QED) is 0.620. The van der Waals surface area contributed by atoms with E-state index in [9.17, 15) is 14.9 Å². The molecule has 0 aliphatic rings. The van der Waals surface area contributed by atoms with E-state index in [0.717, 1.165) is 6.42 Å². The number of carbonyl (C=O) groups is 1. The highest BCUT2D eigenvalue weighted by molar-refractivity contribution is 6.32. The molecule has 0 radical (unpaired) electrons. The maximum Gasteiger partial charge on any atom is 0.289 e. The molecule has 19 heavy (non-hydrogen) atoms. The van der Waals surface area contributed by atoms with Crippen molar-refractivity contribution in [3.8, 4) is 0 Å². The van der Waals surface area contributed by atoms with Crippen molar-refractivity contribution in [2.75, 3.05) is 11.9 Å². The van der Waals surface area contributed by atoms with Crippen LogP contribution in [0.3, 0.4) is 0 Å². The molecule has 1 amide bonds. The summed E-state index contributed by atoms with van der Waals surface area (Å²) in [6.07, 6.45) is 1.52. The summed E-state index contributed by atoms with van der Waals surface area (Å²) in [4.78, 5) is 22.1. The number of nitro groups is 1. The summed E-state index contributed by atoms with van der Waals surface area (Å²) in [5.74, 6) is -0.527. The first-order valence-electron chi connectivity index (χ1n) is 5.94. The highest BCUT2D eigenvalue weighted by Gasteiger charge is 2.18. The molecule has 1 aromatic carbocycles. The Labute approximate surface area is 116 Å². The van der Waals surface area contributed by atoms with Crippen LogP contribution in [0.15, 0.2) is 18.2 Å². The number of nitrogens with zero attached hydrogens (tertiary/aromatic N) is 1. The number of amides is 1. The monoisotopic (exact) mass is 285 g/mol. The second-order valence-corrected chi connectivity index (χ2v) is 4.54. The fourth-order valence-electron chi connectivity index (χ4n) is 1.68. The molecule has 0 fully saturated rings. The second-order valence-electron chi connectivity index (χ2n) is 4.13. The number of hydrogen-bond donors (Lipinski definition) is 2. The maximum absolute atomic E-state index is 11.9. The molecular formula is C12H16ClN3O3. The van der Waals surface area contributed by atoms with Gasteiger partial charge in [-0.25, -0.2) is 0 Å². The van der Waals surface area contributed by atoms with Gasteiger partial charge in [0.25, 0.3) is 5.69 Å². The van der Waals surface area contributed by atoms with E-state index in [-0.39, 0.29) is 29.1 Å². The largest absolute Gasteiger partial charge is 0.330 e. The summed E-state index contributed by atoms with van der Waals surface area (Å²) in [7, 11) is 0. The number of nitro benzene ring substituents is 1. The lowest BCUT2D eigenvalue weighted by molar-refractivity contribution is -0.384. The lowest BCUT2D eigenvalue weighted by Gasteiger charge is -2.13. The van der Waals surface area contributed by atoms with Crippen molar-refractivity contribution in [3.63, 3.8) is 0 Å². The van der Waals surface area contributed by atoms with Crippen molar-refractivity contribution in [2.24, 2.45) is 11.7 Å². The Morgan fingerprint density at radius 2 is 2.26 bits per heavy atom. The van der Waals surface area contributed by atoms with Crippen molar-refractivity contribution in [2.45, 2.75) is 19.8 Å². The minimum absolute atomic E-state index is 0.0342. The summed E-state index contributed by atoms with van der Waals surface area (Å²) >= 11 is 5.69. The molecule has 0 aromatic heterocycles. The SMILES string of the molecule is CCCC(CN)C(=O)Nc1ccc(Cl)c([N+](=O)[O-])c1. The van der Waals surface area contributed by atoms with Crippen molar-refractivity contribution < 1.29 is 9.72 Å². The first kappa shape index (κ1) is 15.4. The molecule has 0 saturated heterocycles. The number of nitrogens with one attached hydrogen (secondary N) is 1. The minimum atomic E-state index is -0.593. The van der Waals surface area contributed by atoms with Crippen LogP contribution < -0.4 is 11.1 Å². The van der Waals surface area contributed by atoms with Gasteiger partial charge in [0.05, 0.1) is 10.8 Å². The summed E-state index contributed by atoms with van der Waals surface area (Å²) in [5.41, 5.74) is 5.63. The molecule has 0 bridgehead atoms. The van der Waals surface area contributed by atoms with E-state index in [4.69, 9.17) is 17.3 Å². The molecule has 1 atom stereocenters. The Bertz CT molecular complexity index is 479. The number of rotatable bonds is 6. The predicted octanol–water partition coefficient (Wildman–Crippen LogP) is 2.56. The number of halogens is 1. The predicted molar refractivity (Wildman–Crippen MR) is 74.2 cm³/mol. The number of nitrogens with two attached hydrogens (primary N) is 1. The van der Waals surface area contributed by atoms with Crippen LogP contribution in [-0.4, -0.2) is 17.4 Å². The van der Waals surface area contributed by atoms with Gasteiger partial charge in [-0.05, 0) is 18.6 Å². The standard InChI is InChI=1S/C12H16ClN3O3/c1-2-3-8(7-14)12(17)15-9-4-5-10(13)11(6-9)16(18)19/h4-6,8H,2-3,7,14H2,1H3,(H,15,17). The molecule has 1 aromatic rings. The molecule has 0 heterocycles. The van der Waals surface area contributed by atoms with E-state index in [1.807, 2.05) is 6.92 Å². The molecule has 0 aliphatic heterocycles. The van der Waals surface area contributed by atoms with Crippen molar-refractivity contribution in [1.29, 1.82) is 0 Å². The van der Waals surface area contributed by atoms with Gasteiger partial charge >= 0.3 is 0 Å². The van der Waals surface area contributed by atoms with Crippen molar-refractivity contribution >= 4 is 28.9 Å². The molecule has 1 rings (SSSR count). The molecule has 1 unspecified atom stereocenters. The van der Waals surface area contributed by atoms with E-state index in [1.54, 1.807) is 0 Å². The Kier molecular flexibility index (Phi) is 5.72. The zero-order valence-electron chi connectivity index (χ0n) is 10.6. The molecule has 6 nitrogen and oxygen atoms in total. The van der Waals surface area contributed by atoms with Gasteiger partial charge in [-0.2, -0.15) is 0 Å². The minimum Gasteiger partial charge on any atom is -0.330 e. The highest BCUT2D eigenvalue weighted by atomic mass is 35.5. The van der Waals surface area contributed by atoms with E-state index in [1.165, 1.54) is 18.2 Å². The summed E-state index contributed by atoms with van der Waals surface area (Å²) in [6, 6.07) is 4.14. The molecule has 0 spiro atoms. The Balaban J connectivity index is 2.85. The van der Waals surface area contributed by atoms with Gasteiger partial charge in [0, 0.05) is 18.3 Å². The molecule has 3 N–H and O–H groups in total. The van der Waals surface area contributed by atoms with Crippen LogP contribution in [0.25, 0.3) is 0 Å². The third-order valence-corrected chi connectivity index (χ3v) is 3.02. The summed E-state index contributed by atoms with van der Waals surface area (Å²) < 4.78 is 0. The lowest BCUT2D eigenvalue weighted by atomic mass is 10.0. The van der Waals surface area contributed by atoms with Crippen LogP contribution in [-0.2, 0) is 4.79 Å². The van der Waals surface area contributed by atoms with Crippen molar-refractivity contribution in [3.05, 3.63) is 33.3 Å². The Morgan fingerprint density at radius 3 is 2.79 bits per heavy atom. The highest BCUT2D eigenvalue weighted by Crippen LogP contribution is 2.27. The van der Waals surface area contributed by atoms with Crippen LogP contribution in [0.1, 0.15) is 19.8 Å². The number of benzene rings is 1. The summed E-state index contributed by atoms with van der Waals surface area (Å²) in [6.45, 7) is 2.21. The Hall–Kier alpha value is -1.66. The maximum atomic E-state index is 11.9. The number of hydrogen-bond acceptors (Lipinski definition) is 4. The van der Waals surface area contributed by atoms with E-state index in [2.05, 4.69) is 5.32 Å². The van der Waals surface area contributed by atoms with Crippen molar-refractivity contribution in [1.82, 2.24) is 0 Å². The van der Waals surface area contributed by atoms with Gasteiger partial charge in [0.1, 0.15) is 5.02 Å². The fraction of sp³-hybridized carbons (Fsp3) is 0.417. The van der Waals surface area contributed by atoms with Crippen LogP contribution >= 0.6 is 11.6 Å². The van der Waals surface area contributed by atoms with Gasteiger partial charge in [-0.15, -0.1) is 0 Å². The first-order valence-corrected chi connectivity index (χ1v) is 6.32. The average Bonchev–Trinajstić information content (AvgIpc) is 2.37. The molecule has 0 saturated carbocycles. The number of carbonyl (C=O) groups excluding carboxylic acids is 1.